The zero-order valence-electron chi connectivity index (χ0n) is 8.34. The Morgan fingerprint density at radius 1 is 1.20 bits per heavy atom. The van der Waals surface area contributed by atoms with Gasteiger partial charge in [0.1, 0.15) is 0 Å². The molecular formula is C9H11O5S. The number of hydrogen-bond acceptors (Lipinski definition) is 4. The fourth-order valence-electron chi connectivity index (χ4n) is 0.692. The van der Waals surface area contributed by atoms with E-state index < -0.39 is 10.1 Å². The second kappa shape index (κ2) is 6.15. The number of ether oxygens (including phenoxy) is 1. The van der Waals surface area contributed by atoms with Gasteiger partial charge < -0.3 is 4.74 Å². The molecule has 0 bridgehead atoms. The minimum absolute atomic E-state index is 0.291. The van der Waals surface area contributed by atoms with Gasteiger partial charge in [-0.05, 0) is 12.1 Å². The number of rotatable bonds is 1. The summed E-state index contributed by atoms with van der Waals surface area (Å²) in [5.41, 5.74) is 0.588. The van der Waals surface area contributed by atoms with Crippen LogP contribution < -0.4 is 0 Å². The number of benzene rings is 1. The Bertz CT molecular complexity index is 388. The lowest BCUT2D eigenvalue weighted by Crippen LogP contribution is -1.99. The molecule has 15 heavy (non-hydrogen) atoms. The predicted molar refractivity (Wildman–Crippen MR) is 53.3 cm³/mol. The average Bonchev–Trinajstić information content (AvgIpc) is 2.15. The number of hydrogen-bond donors (Lipinski definition) is 0. The molecule has 0 spiro atoms. The zero-order valence-corrected chi connectivity index (χ0v) is 9.15. The van der Waals surface area contributed by atoms with Crippen molar-refractivity contribution < 1.29 is 22.5 Å². The van der Waals surface area contributed by atoms with Crippen LogP contribution >= 0.6 is 0 Å². The van der Waals surface area contributed by atoms with Crippen molar-refractivity contribution in [3.05, 3.63) is 35.9 Å². The lowest BCUT2D eigenvalue weighted by atomic mass is 10.2. The van der Waals surface area contributed by atoms with E-state index in [1.165, 1.54) is 7.11 Å². The van der Waals surface area contributed by atoms with Crippen molar-refractivity contribution in [2.24, 2.45) is 0 Å². The molecule has 5 nitrogen and oxygen atoms in total. The van der Waals surface area contributed by atoms with E-state index in [2.05, 4.69) is 4.74 Å². The van der Waals surface area contributed by atoms with Crippen molar-refractivity contribution in [2.75, 3.05) is 13.4 Å². The van der Waals surface area contributed by atoms with Crippen LogP contribution in [0.15, 0.2) is 30.3 Å². The third-order valence-corrected chi connectivity index (χ3v) is 1.19. The molecule has 0 heterocycles. The molecule has 0 aromatic heterocycles. The first-order chi connectivity index (χ1) is 6.84. The maximum atomic E-state index is 10.8. The maximum absolute atomic E-state index is 10.8. The first-order valence-electron chi connectivity index (χ1n) is 3.89. The minimum atomic E-state index is -3.92. The van der Waals surface area contributed by atoms with Crippen LogP contribution in [0, 0.1) is 0 Å². The van der Waals surface area contributed by atoms with Gasteiger partial charge in [0.2, 0.25) is 0 Å². The van der Waals surface area contributed by atoms with Crippen molar-refractivity contribution in [3.8, 4) is 0 Å². The second-order valence-corrected chi connectivity index (χ2v) is 3.97. The van der Waals surface area contributed by atoms with Gasteiger partial charge in [0.25, 0.3) is 10.1 Å². The highest BCUT2D eigenvalue weighted by molar-refractivity contribution is 7.84. The molecule has 1 aromatic rings. The molecule has 0 aliphatic carbocycles. The Hall–Kier alpha value is -1.40. The lowest BCUT2D eigenvalue weighted by molar-refractivity contribution is 0.0600. The summed E-state index contributed by atoms with van der Waals surface area (Å²) < 4.78 is 31.7. The summed E-state index contributed by atoms with van der Waals surface area (Å²) in [5, 5.41) is 0. The minimum Gasteiger partial charge on any atom is -0.465 e. The van der Waals surface area contributed by atoms with E-state index in [0.29, 0.717) is 11.8 Å². The van der Waals surface area contributed by atoms with Crippen molar-refractivity contribution in [1.82, 2.24) is 0 Å². The molecule has 0 unspecified atom stereocenters. The summed E-state index contributed by atoms with van der Waals surface area (Å²) >= 11 is 0. The lowest BCUT2D eigenvalue weighted by Gasteiger charge is -1.95. The summed E-state index contributed by atoms with van der Waals surface area (Å²) in [4.78, 5) is 10.8. The molecule has 0 aliphatic rings. The van der Waals surface area contributed by atoms with E-state index in [1.807, 2.05) is 6.07 Å². The zero-order chi connectivity index (χ0) is 11.9. The van der Waals surface area contributed by atoms with E-state index in [0.717, 1.165) is 0 Å². The summed E-state index contributed by atoms with van der Waals surface area (Å²) in [6, 6.07) is 8.88. The Labute approximate surface area is 88.4 Å². The van der Waals surface area contributed by atoms with Crippen molar-refractivity contribution in [2.45, 2.75) is 0 Å². The van der Waals surface area contributed by atoms with Gasteiger partial charge in [0, 0.05) is 0 Å². The summed E-state index contributed by atoms with van der Waals surface area (Å²) in [6.45, 7) is 0. The van der Waals surface area contributed by atoms with E-state index >= 15 is 0 Å². The van der Waals surface area contributed by atoms with E-state index in [1.54, 1.807) is 24.3 Å². The molecule has 1 aromatic carbocycles. The Balaban J connectivity index is 0.000000336. The summed E-state index contributed by atoms with van der Waals surface area (Å²) in [6.07, 6.45) is 0.604. The second-order valence-electron chi connectivity index (χ2n) is 2.56. The molecule has 0 saturated carbocycles. The molecule has 0 saturated heterocycles. The van der Waals surface area contributed by atoms with E-state index in [9.17, 15) is 4.79 Å². The third-order valence-electron chi connectivity index (χ3n) is 1.19. The van der Waals surface area contributed by atoms with Crippen molar-refractivity contribution in [3.63, 3.8) is 0 Å². The van der Waals surface area contributed by atoms with Gasteiger partial charge in [0.15, 0.2) is 0 Å². The van der Waals surface area contributed by atoms with Crippen LogP contribution in [0.4, 0.5) is 0 Å². The predicted octanol–water partition coefficient (Wildman–Crippen LogP) is 0.850. The Kier molecular flexibility index (Phi) is 5.58. The molecular weight excluding hydrogens is 220 g/mol. The van der Waals surface area contributed by atoms with Crippen LogP contribution in [0.25, 0.3) is 0 Å². The monoisotopic (exact) mass is 231 g/mol. The van der Waals surface area contributed by atoms with E-state index in [4.69, 9.17) is 13.0 Å². The normalized spacial score (nSPS) is 9.80. The highest BCUT2D eigenvalue weighted by Crippen LogP contribution is 1.98. The van der Waals surface area contributed by atoms with Crippen LogP contribution in [0.2, 0.25) is 0 Å². The van der Waals surface area contributed by atoms with Gasteiger partial charge in [-0.3, -0.25) is 0 Å². The molecule has 1 rings (SSSR count). The molecule has 0 N–H and O–H groups in total. The van der Waals surface area contributed by atoms with Gasteiger partial charge in [0.05, 0.1) is 18.9 Å². The van der Waals surface area contributed by atoms with Crippen molar-refractivity contribution >= 4 is 16.1 Å². The molecule has 1 radical (unpaired) electrons. The van der Waals surface area contributed by atoms with Gasteiger partial charge >= 0.3 is 5.97 Å². The van der Waals surface area contributed by atoms with Crippen LogP contribution in [0.5, 0.6) is 0 Å². The van der Waals surface area contributed by atoms with Crippen LogP contribution in [-0.2, 0) is 19.4 Å². The Morgan fingerprint density at radius 2 is 1.60 bits per heavy atom. The largest absolute Gasteiger partial charge is 0.465 e. The van der Waals surface area contributed by atoms with Crippen molar-refractivity contribution in [1.29, 1.82) is 0 Å². The average molecular weight is 231 g/mol. The molecule has 0 amide bonds. The SMILES string of the molecule is COC(=O)c1ccccc1.CS([O])(=O)=O. The van der Waals surface area contributed by atoms with Crippen LogP contribution in [-0.4, -0.2) is 27.8 Å². The number of methoxy groups -OCH3 is 1. The fraction of sp³-hybridized carbons (Fsp3) is 0.222. The quantitative estimate of drug-likeness (QED) is 0.671. The number of carbonyl (C=O) groups excluding carboxylic acids is 1. The van der Waals surface area contributed by atoms with Gasteiger partial charge in [-0.15, -0.1) is 0 Å². The molecule has 0 fully saturated rings. The molecule has 83 valence electrons. The summed E-state index contributed by atoms with van der Waals surface area (Å²) in [7, 11) is -2.55. The number of carbonyl (C=O) groups is 1. The van der Waals surface area contributed by atoms with Gasteiger partial charge in [-0.25, -0.2) is 4.79 Å². The topological polar surface area (TPSA) is 80.3 Å². The first-order valence-corrected chi connectivity index (χ1v) is 5.70. The standard InChI is InChI=1S/C8H8O2.CH3O3S/c1-10-8(9)7-5-3-2-4-6-7;1-5(2,3)4/h2-6H,1H3;1H3. The molecule has 0 atom stereocenters. The third kappa shape index (κ3) is 8.92. The highest BCUT2D eigenvalue weighted by atomic mass is 32.2. The first kappa shape index (κ1) is 13.6. The Morgan fingerprint density at radius 3 is 1.93 bits per heavy atom. The molecule has 0 aliphatic heterocycles. The smallest absolute Gasteiger partial charge is 0.337 e. The highest BCUT2D eigenvalue weighted by Gasteiger charge is 2.00. The summed E-state index contributed by atoms with van der Waals surface area (Å²) in [5.74, 6) is -0.291. The number of esters is 1. The van der Waals surface area contributed by atoms with Gasteiger partial charge in [-0.2, -0.15) is 8.42 Å². The van der Waals surface area contributed by atoms with E-state index in [-0.39, 0.29) is 5.97 Å². The maximum Gasteiger partial charge on any atom is 0.337 e. The van der Waals surface area contributed by atoms with Crippen LogP contribution in [0.1, 0.15) is 10.4 Å². The van der Waals surface area contributed by atoms with Crippen LogP contribution in [0.3, 0.4) is 0 Å². The fourth-order valence-corrected chi connectivity index (χ4v) is 0.692. The molecule has 6 heteroatoms. The van der Waals surface area contributed by atoms with Gasteiger partial charge in [-0.1, -0.05) is 22.8 Å².